The molecule has 98 valence electrons. The average Bonchev–Trinajstić information content (AvgIpc) is 2.38. The summed E-state index contributed by atoms with van der Waals surface area (Å²) in [6, 6.07) is 7.81. The SMILES string of the molecule is Cc1cc[n+](CCC(=O)Nc2cc(C)ccn2)cc1. The molecule has 4 nitrogen and oxygen atoms in total. The second-order valence-corrected chi connectivity index (χ2v) is 4.63. The minimum atomic E-state index is -0.0221. The maximum atomic E-state index is 11.8. The first-order chi connectivity index (χ1) is 9.13. The van der Waals surface area contributed by atoms with E-state index in [1.165, 1.54) is 5.56 Å². The molecule has 2 aromatic rings. The van der Waals surface area contributed by atoms with Crippen LogP contribution in [0.25, 0.3) is 0 Å². The maximum absolute atomic E-state index is 11.8. The number of aromatic nitrogens is 2. The van der Waals surface area contributed by atoms with Gasteiger partial charge in [0.2, 0.25) is 5.91 Å². The molecule has 1 N–H and O–H groups in total. The molecule has 0 atom stereocenters. The van der Waals surface area contributed by atoms with Gasteiger partial charge in [0.25, 0.3) is 0 Å². The molecule has 0 unspecified atom stereocenters. The van der Waals surface area contributed by atoms with E-state index in [4.69, 9.17) is 0 Å². The molecular formula is C15H18N3O+. The third-order valence-electron chi connectivity index (χ3n) is 2.84. The van der Waals surface area contributed by atoms with E-state index in [0.29, 0.717) is 18.8 Å². The smallest absolute Gasteiger partial charge is 0.231 e. The van der Waals surface area contributed by atoms with E-state index in [0.717, 1.165) is 5.56 Å². The lowest BCUT2D eigenvalue weighted by molar-refractivity contribution is -0.695. The highest BCUT2D eigenvalue weighted by Gasteiger charge is 2.07. The topological polar surface area (TPSA) is 45.9 Å². The number of rotatable bonds is 4. The molecule has 0 aliphatic carbocycles. The van der Waals surface area contributed by atoms with Crippen LogP contribution in [0.4, 0.5) is 5.82 Å². The van der Waals surface area contributed by atoms with Crippen LogP contribution in [0.1, 0.15) is 17.5 Å². The van der Waals surface area contributed by atoms with Gasteiger partial charge >= 0.3 is 0 Å². The van der Waals surface area contributed by atoms with Gasteiger partial charge in [-0.05, 0) is 37.1 Å². The zero-order chi connectivity index (χ0) is 13.7. The van der Waals surface area contributed by atoms with Gasteiger partial charge in [0.15, 0.2) is 18.9 Å². The van der Waals surface area contributed by atoms with Gasteiger partial charge in [0.1, 0.15) is 5.82 Å². The van der Waals surface area contributed by atoms with Crippen LogP contribution in [-0.4, -0.2) is 10.9 Å². The fourth-order valence-corrected chi connectivity index (χ4v) is 1.72. The van der Waals surface area contributed by atoms with Crippen LogP contribution in [-0.2, 0) is 11.3 Å². The van der Waals surface area contributed by atoms with E-state index >= 15 is 0 Å². The number of aryl methyl sites for hydroxylation is 3. The van der Waals surface area contributed by atoms with Crippen molar-refractivity contribution >= 4 is 11.7 Å². The average molecular weight is 256 g/mol. The summed E-state index contributed by atoms with van der Waals surface area (Å²) in [4.78, 5) is 15.9. The molecule has 2 aromatic heterocycles. The fraction of sp³-hybridized carbons (Fsp3) is 0.267. The lowest BCUT2D eigenvalue weighted by atomic mass is 10.3. The van der Waals surface area contributed by atoms with Crippen molar-refractivity contribution in [1.29, 1.82) is 0 Å². The number of hydrogen-bond donors (Lipinski definition) is 1. The normalized spacial score (nSPS) is 10.2. The first kappa shape index (κ1) is 13.2. The molecule has 0 bridgehead atoms. The van der Waals surface area contributed by atoms with E-state index in [1.54, 1.807) is 6.20 Å². The molecule has 0 saturated carbocycles. The summed E-state index contributed by atoms with van der Waals surface area (Å²) in [5, 5.41) is 2.80. The van der Waals surface area contributed by atoms with Gasteiger partial charge in [0.05, 0.1) is 6.42 Å². The second kappa shape index (κ2) is 6.09. The number of carbonyl (C=O) groups excluding carboxylic acids is 1. The summed E-state index contributed by atoms with van der Waals surface area (Å²) in [6.45, 7) is 4.68. The molecule has 0 aliphatic rings. The monoisotopic (exact) mass is 256 g/mol. The Morgan fingerprint density at radius 3 is 2.63 bits per heavy atom. The zero-order valence-corrected chi connectivity index (χ0v) is 11.3. The first-order valence-electron chi connectivity index (χ1n) is 6.32. The van der Waals surface area contributed by atoms with Crippen LogP contribution >= 0.6 is 0 Å². The second-order valence-electron chi connectivity index (χ2n) is 4.63. The first-order valence-corrected chi connectivity index (χ1v) is 6.32. The molecule has 0 saturated heterocycles. The van der Waals surface area contributed by atoms with Crippen molar-refractivity contribution in [3.8, 4) is 0 Å². The molecule has 0 spiro atoms. The van der Waals surface area contributed by atoms with Gasteiger partial charge in [-0.1, -0.05) is 0 Å². The molecule has 0 aromatic carbocycles. The minimum Gasteiger partial charge on any atom is -0.310 e. The van der Waals surface area contributed by atoms with Crippen LogP contribution in [0, 0.1) is 13.8 Å². The van der Waals surface area contributed by atoms with Crippen LogP contribution in [0.2, 0.25) is 0 Å². The van der Waals surface area contributed by atoms with Gasteiger partial charge in [-0.3, -0.25) is 4.79 Å². The van der Waals surface area contributed by atoms with Crippen LogP contribution in [0.3, 0.4) is 0 Å². The minimum absolute atomic E-state index is 0.0221. The van der Waals surface area contributed by atoms with Crippen molar-refractivity contribution in [2.75, 3.05) is 5.32 Å². The van der Waals surface area contributed by atoms with Gasteiger partial charge in [-0.15, -0.1) is 0 Å². The Labute approximate surface area is 113 Å². The largest absolute Gasteiger partial charge is 0.310 e. The number of amides is 1. The Bertz CT molecular complexity index is 564. The lowest BCUT2D eigenvalue weighted by Gasteiger charge is -2.03. The van der Waals surface area contributed by atoms with Crippen LogP contribution in [0.15, 0.2) is 42.9 Å². The van der Waals surface area contributed by atoms with Crippen molar-refractivity contribution in [2.24, 2.45) is 0 Å². The Morgan fingerprint density at radius 1 is 1.21 bits per heavy atom. The van der Waals surface area contributed by atoms with E-state index in [-0.39, 0.29) is 5.91 Å². The zero-order valence-electron chi connectivity index (χ0n) is 11.3. The number of pyridine rings is 2. The van der Waals surface area contributed by atoms with Gasteiger partial charge in [-0.2, -0.15) is 0 Å². The molecule has 0 fully saturated rings. The van der Waals surface area contributed by atoms with Crippen molar-refractivity contribution < 1.29 is 9.36 Å². The Hall–Kier alpha value is -2.23. The number of hydrogen-bond acceptors (Lipinski definition) is 2. The Balaban J connectivity index is 1.86. The predicted octanol–water partition coefficient (Wildman–Crippen LogP) is 2.01. The van der Waals surface area contributed by atoms with Crippen molar-refractivity contribution in [1.82, 2.24) is 4.98 Å². The van der Waals surface area contributed by atoms with Gasteiger partial charge in [-0.25, -0.2) is 9.55 Å². The highest BCUT2D eigenvalue weighted by Crippen LogP contribution is 2.05. The Kier molecular flexibility index (Phi) is 4.23. The van der Waals surface area contributed by atoms with Crippen molar-refractivity contribution in [3.05, 3.63) is 54.0 Å². The van der Waals surface area contributed by atoms with Crippen molar-refractivity contribution in [3.63, 3.8) is 0 Å². The molecule has 2 rings (SSSR count). The van der Waals surface area contributed by atoms with E-state index in [2.05, 4.69) is 10.3 Å². The standard InChI is InChI=1S/C15H17N3O/c1-12-4-8-18(9-5-12)10-6-15(19)17-14-11-13(2)3-7-16-14/h3-5,7-9,11H,6,10H2,1-2H3/p+1. The highest BCUT2D eigenvalue weighted by molar-refractivity contribution is 5.89. The third kappa shape index (κ3) is 4.17. The molecule has 0 radical (unpaired) electrons. The predicted molar refractivity (Wildman–Crippen MR) is 73.6 cm³/mol. The molecule has 19 heavy (non-hydrogen) atoms. The maximum Gasteiger partial charge on any atom is 0.231 e. The Morgan fingerprint density at radius 2 is 1.95 bits per heavy atom. The van der Waals surface area contributed by atoms with Crippen molar-refractivity contribution in [2.45, 2.75) is 26.8 Å². The quantitative estimate of drug-likeness (QED) is 0.851. The molecule has 4 heteroatoms. The van der Waals surface area contributed by atoms with Gasteiger partial charge < -0.3 is 5.32 Å². The van der Waals surface area contributed by atoms with E-state index < -0.39 is 0 Å². The van der Waals surface area contributed by atoms with Crippen LogP contribution in [0.5, 0.6) is 0 Å². The summed E-state index contributed by atoms with van der Waals surface area (Å²) >= 11 is 0. The fourth-order valence-electron chi connectivity index (χ4n) is 1.72. The molecule has 0 aliphatic heterocycles. The summed E-state index contributed by atoms with van der Waals surface area (Å²) in [7, 11) is 0. The number of nitrogens with zero attached hydrogens (tertiary/aromatic N) is 2. The third-order valence-corrected chi connectivity index (χ3v) is 2.84. The summed E-state index contributed by atoms with van der Waals surface area (Å²) in [5.74, 6) is 0.588. The van der Waals surface area contributed by atoms with E-state index in [1.807, 2.05) is 55.1 Å². The van der Waals surface area contributed by atoms with E-state index in [9.17, 15) is 4.79 Å². The highest BCUT2D eigenvalue weighted by atomic mass is 16.1. The number of anilines is 1. The summed E-state index contributed by atoms with van der Waals surface area (Å²) < 4.78 is 2.00. The molecular weight excluding hydrogens is 238 g/mol. The van der Waals surface area contributed by atoms with Crippen LogP contribution < -0.4 is 9.88 Å². The number of carbonyl (C=O) groups is 1. The lowest BCUT2D eigenvalue weighted by Crippen LogP contribution is -2.34. The summed E-state index contributed by atoms with van der Waals surface area (Å²) in [6.07, 6.45) is 6.09. The summed E-state index contributed by atoms with van der Waals surface area (Å²) in [5.41, 5.74) is 2.29. The molecule has 1 amide bonds. The number of nitrogens with one attached hydrogen (secondary N) is 1. The van der Waals surface area contributed by atoms with Gasteiger partial charge in [0, 0.05) is 18.3 Å². The molecule has 2 heterocycles.